The SMILES string of the molecule is C=CCC1(OCOC)C=CCC1. The van der Waals surface area contributed by atoms with Crippen molar-refractivity contribution in [2.75, 3.05) is 13.9 Å². The summed E-state index contributed by atoms with van der Waals surface area (Å²) in [6.45, 7) is 4.08. The molecule has 0 heterocycles. The van der Waals surface area contributed by atoms with Crippen LogP contribution in [-0.4, -0.2) is 19.5 Å². The van der Waals surface area contributed by atoms with Crippen LogP contribution in [-0.2, 0) is 9.47 Å². The van der Waals surface area contributed by atoms with Crippen LogP contribution in [0.5, 0.6) is 0 Å². The zero-order valence-electron chi connectivity index (χ0n) is 7.58. The molecule has 0 N–H and O–H groups in total. The maximum atomic E-state index is 5.60. The largest absolute Gasteiger partial charge is 0.359 e. The van der Waals surface area contributed by atoms with E-state index in [1.165, 1.54) is 0 Å². The summed E-state index contributed by atoms with van der Waals surface area (Å²) < 4.78 is 10.5. The lowest BCUT2D eigenvalue weighted by Gasteiger charge is -2.25. The molecule has 2 heteroatoms. The summed E-state index contributed by atoms with van der Waals surface area (Å²) >= 11 is 0. The fraction of sp³-hybridized carbons (Fsp3) is 0.600. The molecule has 68 valence electrons. The van der Waals surface area contributed by atoms with Gasteiger partial charge in [0.2, 0.25) is 0 Å². The smallest absolute Gasteiger partial charge is 0.147 e. The number of rotatable bonds is 5. The van der Waals surface area contributed by atoms with Crippen molar-refractivity contribution in [2.45, 2.75) is 24.9 Å². The first-order valence-electron chi connectivity index (χ1n) is 4.24. The zero-order chi connectivity index (χ0) is 8.86. The molecule has 0 saturated carbocycles. The first-order chi connectivity index (χ1) is 5.83. The van der Waals surface area contributed by atoms with Gasteiger partial charge >= 0.3 is 0 Å². The first-order valence-corrected chi connectivity index (χ1v) is 4.24. The minimum Gasteiger partial charge on any atom is -0.359 e. The lowest BCUT2D eigenvalue weighted by molar-refractivity contribution is -0.106. The summed E-state index contributed by atoms with van der Waals surface area (Å²) in [5.74, 6) is 0. The molecule has 1 unspecified atom stereocenters. The average Bonchev–Trinajstić information content (AvgIpc) is 2.51. The zero-order valence-corrected chi connectivity index (χ0v) is 7.58. The molecule has 0 amide bonds. The van der Waals surface area contributed by atoms with Crippen molar-refractivity contribution < 1.29 is 9.47 Å². The third-order valence-electron chi connectivity index (χ3n) is 2.11. The van der Waals surface area contributed by atoms with Gasteiger partial charge in [0.1, 0.15) is 6.79 Å². The van der Waals surface area contributed by atoms with Gasteiger partial charge in [0, 0.05) is 7.11 Å². The Balaban J connectivity index is 2.47. The van der Waals surface area contributed by atoms with Crippen molar-refractivity contribution in [1.29, 1.82) is 0 Å². The van der Waals surface area contributed by atoms with Crippen LogP contribution in [0.1, 0.15) is 19.3 Å². The molecule has 0 bridgehead atoms. The Morgan fingerprint density at radius 1 is 1.67 bits per heavy atom. The molecule has 2 nitrogen and oxygen atoms in total. The molecule has 0 fully saturated rings. The second-order valence-corrected chi connectivity index (χ2v) is 3.05. The normalized spacial score (nSPS) is 27.8. The van der Waals surface area contributed by atoms with Gasteiger partial charge in [-0.25, -0.2) is 0 Å². The highest BCUT2D eigenvalue weighted by molar-refractivity contribution is 5.11. The molecule has 0 spiro atoms. The van der Waals surface area contributed by atoms with Crippen molar-refractivity contribution in [3.63, 3.8) is 0 Å². The van der Waals surface area contributed by atoms with Gasteiger partial charge in [-0.05, 0) is 19.3 Å². The standard InChI is InChI=1S/C10H16O2/c1-3-6-10(12-9-11-2)7-4-5-8-10/h3-4,7H,1,5-6,8-9H2,2H3. The molecule has 1 aliphatic rings. The lowest BCUT2D eigenvalue weighted by atomic mass is 9.99. The van der Waals surface area contributed by atoms with Gasteiger partial charge < -0.3 is 9.47 Å². The highest BCUT2D eigenvalue weighted by Gasteiger charge is 2.28. The molecule has 0 aromatic heterocycles. The van der Waals surface area contributed by atoms with Crippen LogP contribution in [0.15, 0.2) is 24.8 Å². The molecule has 0 radical (unpaired) electrons. The van der Waals surface area contributed by atoms with Crippen molar-refractivity contribution in [2.24, 2.45) is 0 Å². The Hall–Kier alpha value is -0.600. The van der Waals surface area contributed by atoms with Crippen LogP contribution >= 0.6 is 0 Å². The van der Waals surface area contributed by atoms with Gasteiger partial charge in [0.15, 0.2) is 0 Å². The highest BCUT2D eigenvalue weighted by Crippen LogP contribution is 2.30. The highest BCUT2D eigenvalue weighted by atomic mass is 16.7. The van der Waals surface area contributed by atoms with Gasteiger partial charge in [-0.2, -0.15) is 0 Å². The van der Waals surface area contributed by atoms with E-state index in [0.29, 0.717) is 6.79 Å². The van der Waals surface area contributed by atoms with E-state index in [9.17, 15) is 0 Å². The van der Waals surface area contributed by atoms with E-state index >= 15 is 0 Å². The molecule has 0 aromatic carbocycles. The maximum absolute atomic E-state index is 5.60. The first kappa shape index (κ1) is 9.49. The van der Waals surface area contributed by atoms with Crippen molar-refractivity contribution in [3.05, 3.63) is 24.8 Å². The van der Waals surface area contributed by atoms with Crippen LogP contribution in [0.3, 0.4) is 0 Å². The van der Waals surface area contributed by atoms with Crippen LogP contribution in [0.25, 0.3) is 0 Å². The molecule has 1 atom stereocenters. The Morgan fingerprint density at radius 3 is 3.00 bits per heavy atom. The van der Waals surface area contributed by atoms with E-state index in [2.05, 4.69) is 18.7 Å². The molecule has 1 rings (SSSR count). The molecule has 0 aliphatic heterocycles. The number of methoxy groups -OCH3 is 1. The predicted molar refractivity (Wildman–Crippen MR) is 48.9 cm³/mol. The number of hydrogen-bond acceptors (Lipinski definition) is 2. The van der Waals surface area contributed by atoms with E-state index in [1.807, 2.05) is 6.08 Å². The number of ether oxygens (including phenoxy) is 2. The number of allylic oxidation sites excluding steroid dienone is 1. The quantitative estimate of drug-likeness (QED) is 0.463. The Bertz CT molecular complexity index is 175. The van der Waals surface area contributed by atoms with Crippen LogP contribution < -0.4 is 0 Å². The molecule has 1 aliphatic carbocycles. The van der Waals surface area contributed by atoms with E-state index in [4.69, 9.17) is 9.47 Å². The Kier molecular flexibility index (Phi) is 3.50. The van der Waals surface area contributed by atoms with E-state index in [-0.39, 0.29) is 5.60 Å². The number of hydrogen-bond donors (Lipinski definition) is 0. The van der Waals surface area contributed by atoms with Gasteiger partial charge in [-0.3, -0.25) is 0 Å². The third kappa shape index (κ3) is 2.19. The summed E-state index contributed by atoms with van der Waals surface area (Å²) in [7, 11) is 1.64. The summed E-state index contributed by atoms with van der Waals surface area (Å²) in [6.07, 6.45) is 9.17. The van der Waals surface area contributed by atoms with Gasteiger partial charge in [-0.1, -0.05) is 18.2 Å². The van der Waals surface area contributed by atoms with Gasteiger partial charge in [-0.15, -0.1) is 6.58 Å². The summed E-state index contributed by atoms with van der Waals surface area (Å²) in [5, 5.41) is 0. The van der Waals surface area contributed by atoms with Crippen molar-refractivity contribution in [1.82, 2.24) is 0 Å². The molecular weight excluding hydrogens is 152 g/mol. The average molecular weight is 168 g/mol. The minimum absolute atomic E-state index is 0.127. The summed E-state index contributed by atoms with van der Waals surface area (Å²) in [6, 6.07) is 0. The second-order valence-electron chi connectivity index (χ2n) is 3.05. The Labute approximate surface area is 73.9 Å². The predicted octanol–water partition coefficient (Wildman–Crippen LogP) is 2.27. The van der Waals surface area contributed by atoms with Crippen molar-refractivity contribution in [3.8, 4) is 0 Å². The van der Waals surface area contributed by atoms with E-state index < -0.39 is 0 Å². The third-order valence-corrected chi connectivity index (χ3v) is 2.11. The van der Waals surface area contributed by atoms with Crippen molar-refractivity contribution >= 4 is 0 Å². The summed E-state index contributed by atoms with van der Waals surface area (Å²) in [5.41, 5.74) is -0.127. The fourth-order valence-corrected chi connectivity index (χ4v) is 1.48. The van der Waals surface area contributed by atoms with E-state index in [1.54, 1.807) is 7.11 Å². The fourth-order valence-electron chi connectivity index (χ4n) is 1.48. The maximum Gasteiger partial charge on any atom is 0.147 e. The molecular formula is C10H16O2. The van der Waals surface area contributed by atoms with E-state index in [0.717, 1.165) is 19.3 Å². The summed E-state index contributed by atoms with van der Waals surface area (Å²) in [4.78, 5) is 0. The monoisotopic (exact) mass is 168 g/mol. The molecule has 0 aromatic rings. The Morgan fingerprint density at radius 2 is 2.50 bits per heavy atom. The molecule has 12 heavy (non-hydrogen) atoms. The van der Waals surface area contributed by atoms with Crippen LogP contribution in [0.4, 0.5) is 0 Å². The minimum atomic E-state index is -0.127. The topological polar surface area (TPSA) is 18.5 Å². The molecule has 0 saturated heterocycles. The lowest BCUT2D eigenvalue weighted by Crippen LogP contribution is -2.27. The van der Waals surface area contributed by atoms with Gasteiger partial charge in [0.05, 0.1) is 5.60 Å². The van der Waals surface area contributed by atoms with Crippen LogP contribution in [0, 0.1) is 0 Å². The second kappa shape index (κ2) is 4.43. The van der Waals surface area contributed by atoms with Crippen LogP contribution in [0.2, 0.25) is 0 Å². The van der Waals surface area contributed by atoms with Gasteiger partial charge in [0.25, 0.3) is 0 Å².